The molecule has 0 aromatic heterocycles. The summed E-state index contributed by atoms with van der Waals surface area (Å²) < 4.78 is 50.3. The predicted octanol–water partition coefficient (Wildman–Crippen LogP) is 2.72. The first kappa shape index (κ1) is 22.3. The third-order valence-electron chi connectivity index (χ3n) is 4.49. The molecule has 2 aromatic rings. The SMILES string of the molecule is CS(=O)(=O)N(CC(=O)NCc1ccc2c(c1)OCCCO2)Cc1c(F)cccc1Cl. The van der Waals surface area contributed by atoms with E-state index in [-0.39, 0.29) is 23.7 Å². The molecule has 1 heterocycles. The molecule has 0 bridgehead atoms. The number of benzene rings is 2. The molecule has 162 valence electrons. The van der Waals surface area contributed by atoms with Crippen molar-refractivity contribution in [2.24, 2.45) is 0 Å². The first-order valence-electron chi connectivity index (χ1n) is 9.27. The van der Waals surface area contributed by atoms with Crippen molar-refractivity contribution in [2.75, 3.05) is 26.0 Å². The summed E-state index contributed by atoms with van der Waals surface area (Å²) in [5, 5.41) is 2.76. The number of rotatable bonds is 7. The monoisotopic (exact) mass is 456 g/mol. The maximum Gasteiger partial charge on any atom is 0.235 e. The second-order valence-electron chi connectivity index (χ2n) is 6.84. The van der Waals surface area contributed by atoms with Gasteiger partial charge in [0.1, 0.15) is 5.82 Å². The average Bonchev–Trinajstić information content (AvgIpc) is 2.92. The van der Waals surface area contributed by atoms with Crippen molar-refractivity contribution in [3.8, 4) is 11.5 Å². The van der Waals surface area contributed by atoms with Gasteiger partial charge in [-0.15, -0.1) is 0 Å². The highest BCUT2D eigenvalue weighted by molar-refractivity contribution is 7.88. The quantitative estimate of drug-likeness (QED) is 0.692. The van der Waals surface area contributed by atoms with Gasteiger partial charge in [0.15, 0.2) is 11.5 Å². The number of carbonyl (C=O) groups excluding carboxylic acids is 1. The third-order valence-corrected chi connectivity index (χ3v) is 6.04. The van der Waals surface area contributed by atoms with Gasteiger partial charge < -0.3 is 14.8 Å². The number of fused-ring (bicyclic) bond motifs is 1. The number of nitrogens with zero attached hydrogens (tertiary/aromatic N) is 1. The van der Waals surface area contributed by atoms with Crippen molar-refractivity contribution in [3.05, 3.63) is 58.4 Å². The second kappa shape index (κ2) is 9.63. The lowest BCUT2D eigenvalue weighted by atomic mass is 10.2. The summed E-state index contributed by atoms with van der Waals surface area (Å²) >= 11 is 5.99. The number of amides is 1. The number of hydrogen-bond acceptors (Lipinski definition) is 5. The number of halogens is 2. The van der Waals surface area contributed by atoms with Crippen LogP contribution in [-0.4, -0.2) is 44.6 Å². The minimum absolute atomic E-state index is 0.0142. The average molecular weight is 457 g/mol. The van der Waals surface area contributed by atoms with Gasteiger partial charge in [-0.3, -0.25) is 4.79 Å². The molecule has 3 rings (SSSR count). The smallest absolute Gasteiger partial charge is 0.235 e. The molecule has 0 unspecified atom stereocenters. The highest BCUT2D eigenvalue weighted by atomic mass is 35.5. The first-order valence-corrected chi connectivity index (χ1v) is 11.5. The topological polar surface area (TPSA) is 84.9 Å². The molecule has 30 heavy (non-hydrogen) atoms. The lowest BCUT2D eigenvalue weighted by Crippen LogP contribution is -2.39. The molecule has 0 atom stereocenters. The van der Waals surface area contributed by atoms with E-state index in [4.69, 9.17) is 21.1 Å². The summed E-state index contributed by atoms with van der Waals surface area (Å²) in [6, 6.07) is 9.41. The Hall–Kier alpha value is -2.36. The van der Waals surface area contributed by atoms with Gasteiger partial charge in [-0.2, -0.15) is 4.31 Å². The largest absolute Gasteiger partial charge is 0.490 e. The maximum absolute atomic E-state index is 14.0. The van der Waals surface area contributed by atoms with Crippen LogP contribution in [0.1, 0.15) is 17.5 Å². The van der Waals surface area contributed by atoms with E-state index in [1.54, 1.807) is 18.2 Å². The Labute approximate surface area is 179 Å². The number of sulfonamides is 1. The van der Waals surface area contributed by atoms with Gasteiger partial charge in [0.05, 0.1) is 26.0 Å². The van der Waals surface area contributed by atoms with Crippen molar-refractivity contribution in [1.82, 2.24) is 9.62 Å². The molecule has 2 aromatic carbocycles. The normalized spacial score (nSPS) is 13.7. The van der Waals surface area contributed by atoms with Crippen molar-refractivity contribution in [2.45, 2.75) is 19.5 Å². The summed E-state index contributed by atoms with van der Waals surface area (Å²) in [5.41, 5.74) is 0.788. The van der Waals surface area contributed by atoms with Gasteiger partial charge >= 0.3 is 0 Å². The zero-order valence-electron chi connectivity index (χ0n) is 16.4. The molecule has 7 nitrogen and oxygen atoms in total. The van der Waals surface area contributed by atoms with Crippen LogP contribution in [0.3, 0.4) is 0 Å². The van der Waals surface area contributed by atoms with Gasteiger partial charge in [-0.25, -0.2) is 12.8 Å². The van der Waals surface area contributed by atoms with Crippen molar-refractivity contribution < 1.29 is 27.1 Å². The summed E-state index contributed by atoms with van der Waals surface area (Å²) in [4.78, 5) is 12.4. The van der Waals surface area contributed by atoms with Gasteiger partial charge in [0.2, 0.25) is 15.9 Å². The van der Waals surface area contributed by atoms with E-state index < -0.39 is 28.3 Å². The molecule has 0 radical (unpaired) electrons. The summed E-state index contributed by atoms with van der Waals surface area (Å²) in [5.74, 6) is 0.0857. The van der Waals surface area contributed by atoms with Crippen LogP contribution in [-0.2, 0) is 27.9 Å². The second-order valence-corrected chi connectivity index (χ2v) is 9.23. The fourth-order valence-corrected chi connectivity index (χ4v) is 3.82. The Morgan fingerprint density at radius 1 is 1.20 bits per heavy atom. The van der Waals surface area contributed by atoms with Crippen LogP contribution in [0.15, 0.2) is 36.4 Å². The lowest BCUT2D eigenvalue weighted by Gasteiger charge is -2.20. The van der Waals surface area contributed by atoms with Gasteiger partial charge in [0.25, 0.3) is 0 Å². The summed E-state index contributed by atoms with van der Waals surface area (Å²) in [6.07, 6.45) is 1.74. The molecule has 0 spiro atoms. The zero-order valence-corrected chi connectivity index (χ0v) is 17.9. The van der Waals surface area contributed by atoms with Crippen molar-refractivity contribution >= 4 is 27.5 Å². The standard InChI is InChI=1S/C20H22ClFN2O5S/c1-30(26,27)24(12-15-16(21)4-2-5-17(15)22)13-20(25)23-11-14-6-7-18-19(10-14)29-9-3-8-28-18/h2,4-7,10H,3,8-9,11-13H2,1H3,(H,23,25). The van der Waals surface area contributed by atoms with E-state index in [0.29, 0.717) is 24.7 Å². The predicted molar refractivity (Wildman–Crippen MR) is 111 cm³/mol. The number of nitrogens with one attached hydrogen (secondary N) is 1. The zero-order chi connectivity index (χ0) is 21.7. The van der Waals surface area contributed by atoms with Crippen LogP contribution in [0.4, 0.5) is 4.39 Å². The van der Waals surface area contributed by atoms with Crippen LogP contribution < -0.4 is 14.8 Å². The van der Waals surface area contributed by atoms with Gasteiger partial charge in [-0.1, -0.05) is 23.7 Å². The van der Waals surface area contributed by atoms with Gasteiger partial charge in [-0.05, 0) is 29.8 Å². The Balaban J connectivity index is 1.65. The van der Waals surface area contributed by atoms with E-state index in [9.17, 15) is 17.6 Å². The number of hydrogen-bond donors (Lipinski definition) is 1. The van der Waals surface area contributed by atoms with E-state index in [0.717, 1.165) is 22.5 Å². The van der Waals surface area contributed by atoms with Crippen LogP contribution in [0, 0.1) is 5.82 Å². The molecule has 0 aliphatic carbocycles. The van der Waals surface area contributed by atoms with Crippen molar-refractivity contribution in [3.63, 3.8) is 0 Å². The molecular weight excluding hydrogens is 435 g/mol. The Morgan fingerprint density at radius 3 is 2.63 bits per heavy atom. The highest BCUT2D eigenvalue weighted by Crippen LogP contribution is 2.30. The molecular formula is C20H22ClFN2O5S. The molecule has 0 saturated heterocycles. The maximum atomic E-state index is 14.0. The molecule has 1 amide bonds. The van der Waals surface area contributed by atoms with E-state index in [1.807, 2.05) is 0 Å². The summed E-state index contributed by atoms with van der Waals surface area (Å²) in [6.45, 7) is 0.491. The molecule has 1 aliphatic heterocycles. The highest BCUT2D eigenvalue weighted by Gasteiger charge is 2.23. The van der Waals surface area contributed by atoms with E-state index in [1.165, 1.54) is 18.2 Å². The van der Waals surface area contributed by atoms with E-state index >= 15 is 0 Å². The summed E-state index contributed by atoms with van der Waals surface area (Å²) in [7, 11) is -3.78. The van der Waals surface area contributed by atoms with E-state index in [2.05, 4.69) is 5.32 Å². The minimum atomic E-state index is -3.78. The van der Waals surface area contributed by atoms with Crippen LogP contribution >= 0.6 is 11.6 Å². The number of carbonyl (C=O) groups is 1. The van der Waals surface area contributed by atoms with Crippen LogP contribution in [0.25, 0.3) is 0 Å². The fraction of sp³-hybridized carbons (Fsp3) is 0.350. The van der Waals surface area contributed by atoms with Crippen LogP contribution in [0.5, 0.6) is 11.5 Å². The Kier molecular flexibility index (Phi) is 7.17. The Morgan fingerprint density at radius 2 is 1.93 bits per heavy atom. The van der Waals surface area contributed by atoms with Crippen molar-refractivity contribution in [1.29, 1.82) is 0 Å². The van der Waals surface area contributed by atoms with Gasteiger partial charge in [0, 0.05) is 30.1 Å². The van der Waals surface area contributed by atoms with Crippen LogP contribution in [0.2, 0.25) is 5.02 Å². The molecule has 10 heteroatoms. The molecule has 0 saturated carbocycles. The Bertz CT molecular complexity index is 1010. The number of ether oxygens (including phenoxy) is 2. The molecule has 1 N–H and O–H groups in total. The minimum Gasteiger partial charge on any atom is -0.490 e. The lowest BCUT2D eigenvalue weighted by molar-refractivity contribution is -0.121. The first-order chi connectivity index (χ1) is 14.2. The third kappa shape index (κ3) is 5.84. The molecule has 1 aliphatic rings. The fourth-order valence-electron chi connectivity index (χ4n) is 2.88. The molecule has 0 fully saturated rings.